The number of phenolic OH excluding ortho intramolecular Hbond substituents is 1. The predicted octanol–water partition coefficient (Wildman–Crippen LogP) is 6.75. The van der Waals surface area contributed by atoms with Crippen molar-refractivity contribution in [2.45, 2.75) is 25.9 Å². The summed E-state index contributed by atoms with van der Waals surface area (Å²) in [6, 6.07) is 25.8. The highest BCUT2D eigenvalue weighted by atomic mass is 19.1. The number of anilines is 2. The fourth-order valence-electron chi connectivity index (χ4n) is 6.18. The third kappa shape index (κ3) is 5.02. The van der Waals surface area contributed by atoms with E-state index in [9.17, 15) is 19.1 Å². The van der Waals surface area contributed by atoms with Crippen molar-refractivity contribution in [2.24, 2.45) is 7.05 Å². The Morgan fingerprint density at radius 1 is 0.911 bits per heavy atom. The minimum absolute atomic E-state index is 0.0511. The molecule has 0 bridgehead atoms. The van der Waals surface area contributed by atoms with Crippen LogP contribution < -0.4 is 4.90 Å². The van der Waals surface area contributed by atoms with Crippen molar-refractivity contribution in [3.8, 4) is 17.0 Å². The molecule has 0 unspecified atom stereocenters. The first-order valence-electron chi connectivity index (χ1n) is 14.7. The van der Waals surface area contributed by atoms with Crippen molar-refractivity contribution < 1.29 is 19.1 Å². The van der Waals surface area contributed by atoms with Crippen LogP contribution in [0.5, 0.6) is 5.75 Å². The third-order valence-electron chi connectivity index (χ3n) is 8.42. The molecule has 0 saturated carbocycles. The van der Waals surface area contributed by atoms with Crippen molar-refractivity contribution in [3.63, 3.8) is 0 Å². The van der Waals surface area contributed by atoms with Crippen molar-refractivity contribution in [2.75, 3.05) is 4.90 Å². The molecule has 2 amide bonds. The Balaban J connectivity index is 1.35. The highest BCUT2D eigenvalue weighted by molar-refractivity contribution is 6.15. The van der Waals surface area contributed by atoms with Crippen LogP contribution in [-0.4, -0.2) is 42.0 Å². The first kappa shape index (κ1) is 28.1. The van der Waals surface area contributed by atoms with Gasteiger partial charge in [0.2, 0.25) is 0 Å². The van der Waals surface area contributed by atoms with Gasteiger partial charge >= 0.3 is 0 Å². The molecule has 3 aromatic carbocycles. The first-order chi connectivity index (χ1) is 21.8. The summed E-state index contributed by atoms with van der Waals surface area (Å²) in [6.45, 7) is 2.48. The molecule has 1 atom stereocenters. The monoisotopic (exact) mass is 599 g/mol. The summed E-state index contributed by atoms with van der Waals surface area (Å²) < 4.78 is 18.4. The number of carbonyl (C=O) groups excluding carboxylic acids is 2. The van der Waals surface area contributed by atoms with E-state index in [4.69, 9.17) is 0 Å². The quantitative estimate of drug-likeness (QED) is 0.238. The average molecular weight is 600 g/mol. The Morgan fingerprint density at radius 3 is 2.42 bits per heavy atom. The molecular weight excluding hydrogens is 569 g/mol. The second-order valence-corrected chi connectivity index (χ2v) is 11.4. The SMILES string of the molecule is C[C@@H]1Cc2ccccc2CN1C(=O)c1ccc(F)cc1-c1cc(C(=O)N(c2ccc(O)cc2)c2cnn(C)c2)c2ccccn12. The number of aromatic nitrogens is 3. The Morgan fingerprint density at radius 2 is 1.67 bits per heavy atom. The van der Waals surface area contributed by atoms with E-state index >= 15 is 0 Å². The summed E-state index contributed by atoms with van der Waals surface area (Å²) in [7, 11) is 1.76. The number of amides is 2. The number of pyridine rings is 1. The van der Waals surface area contributed by atoms with Crippen LogP contribution in [0.3, 0.4) is 0 Å². The van der Waals surface area contributed by atoms with Gasteiger partial charge in [-0.25, -0.2) is 4.39 Å². The fraction of sp³-hybridized carbons (Fsp3) is 0.139. The van der Waals surface area contributed by atoms with Gasteiger partial charge in [0.05, 0.1) is 28.7 Å². The average Bonchev–Trinajstić information content (AvgIpc) is 3.65. The molecule has 1 N–H and O–H groups in total. The van der Waals surface area contributed by atoms with E-state index in [1.54, 1.807) is 48.5 Å². The second kappa shape index (κ2) is 11.1. The number of fused-ring (bicyclic) bond motifs is 2. The van der Waals surface area contributed by atoms with Gasteiger partial charge < -0.3 is 14.4 Å². The molecule has 7 rings (SSSR count). The number of benzene rings is 3. The van der Waals surface area contributed by atoms with Gasteiger partial charge in [-0.1, -0.05) is 30.3 Å². The maximum atomic E-state index is 14.9. The number of phenols is 1. The molecule has 0 spiro atoms. The standard InChI is InChI=1S/C36H30FN5O3/c1-23-17-24-7-3-4-8-25(24)21-41(23)35(44)30-15-10-26(37)18-31(30)34-19-32(33-9-5-6-16-40(33)34)36(45)42(28-20-38-39(2)22-28)27-11-13-29(43)14-12-27/h3-16,18-20,22-23,43H,17,21H2,1-2H3/t23-/m1/s1. The summed E-state index contributed by atoms with van der Waals surface area (Å²) in [5.74, 6) is -0.969. The summed E-state index contributed by atoms with van der Waals surface area (Å²) in [5.41, 5.74) is 5.59. The summed E-state index contributed by atoms with van der Waals surface area (Å²) >= 11 is 0. The maximum absolute atomic E-state index is 14.9. The van der Waals surface area contributed by atoms with Gasteiger partial charge in [0.15, 0.2) is 0 Å². The molecule has 9 heteroatoms. The van der Waals surface area contributed by atoms with Crippen LogP contribution in [-0.2, 0) is 20.0 Å². The second-order valence-electron chi connectivity index (χ2n) is 11.4. The van der Waals surface area contributed by atoms with Crippen LogP contribution in [0.1, 0.15) is 38.8 Å². The summed E-state index contributed by atoms with van der Waals surface area (Å²) in [5, 5.41) is 14.2. The lowest BCUT2D eigenvalue weighted by Gasteiger charge is -2.35. The van der Waals surface area contributed by atoms with Crippen LogP contribution in [0.15, 0.2) is 110 Å². The molecule has 1 aliphatic heterocycles. The zero-order valence-electron chi connectivity index (χ0n) is 24.8. The van der Waals surface area contributed by atoms with Crippen LogP contribution in [0, 0.1) is 5.82 Å². The Labute approximate surface area is 259 Å². The number of carbonyl (C=O) groups is 2. The molecule has 0 radical (unpaired) electrons. The van der Waals surface area contributed by atoms with Gasteiger partial charge in [0.1, 0.15) is 11.6 Å². The van der Waals surface area contributed by atoms with E-state index in [0.717, 1.165) is 12.0 Å². The van der Waals surface area contributed by atoms with E-state index in [-0.39, 0.29) is 23.6 Å². The number of aryl methyl sites for hydroxylation is 1. The molecule has 45 heavy (non-hydrogen) atoms. The Hall–Kier alpha value is -5.70. The van der Waals surface area contributed by atoms with Crippen LogP contribution in [0.2, 0.25) is 0 Å². The van der Waals surface area contributed by atoms with Crippen LogP contribution >= 0.6 is 0 Å². The summed E-state index contributed by atoms with van der Waals surface area (Å²) in [6.07, 6.45) is 5.85. The normalized spacial score (nSPS) is 14.4. The molecule has 224 valence electrons. The third-order valence-corrected chi connectivity index (χ3v) is 8.42. The van der Waals surface area contributed by atoms with Gasteiger partial charge in [0.25, 0.3) is 11.8 Å². The van der Waals surface area contributed by atoms with E-state index < -0.39 is 5.82 Å². The molecule has 8 nitrogen and oxygen atoms in total. The van der Waals surface area contributed by atoms with Crippen LogP contribution in [0.25, 0.3) is 16.8 Å². The molecule has 1 aliphatic rings. The first-order valence-corrected chi connectivity index (χ1v) is 14.7. The van der Waals surface area contributed by atoms with E-state index in [0.29, 0.717) is 45.8 Å². The predicted molar refractivity (Wildman–Crippen MR) is 170 cm³/mol. The molecule has 0 fully saturated rings. The number of nitrogens with zero attached hydrogens (tertiary/aromatic N) is 5. The lowest BCUT2D eigenvalue weighted by Crippen LogP contribution is -2.42. The number of hydrogen-bond acceptors (Lipinski definition) is 4. The number of aromatic hydroxyl groups is 1. The van der Waals surface area contributed by atoms with E-state index in [2.05, 4.69) is 11.2 Å². The highest BCUT2D eigenvalue weighted by Crippen LogP contribution is 2.35. The lowest BCUT2D eigenvalue weighted by atomic mass is 9.93. The zero-order chi connectivity index (χ0) is 31.2. The minimum atomic E-state index is -0.488. The lowest BCUT2D eigenvalue weighted by molar-refractivity contribution is 0.0659. The van der Waals surface area contributed by atoms with E-state index in [1.165, 1.54) is 40.8 Å². The minimum Gasteiger partial charge on any atom is -0.508 e. The molecule has 3 aromatic heterocycles. The van der Waals surface area contributed by atoms with Crippen molar-refractivity contribution in [1.82, 2.24) is 19.1 Å². The Bertz CT molecular complexity index is 2080. The Kier molecular flexibility index (Phi) is 6.93. The van der Waals surface area contributed by atoms with Crippen molar-refractivity contribution in [3.05, 3.63) is 138 Å². The topological polar surface area (TPSA) is 83.1 Å². The fourth-order valence-corrected chi connectivity index (χ4v) is 6.18. The highest BCUT2D eigenvalue weighted by Gasteiger charge is 2.31. The molecule has 6 aromatic rings. The van der Waals surface area contributed by atoms with Gasteiger partial charge in [-0.05, 0) is 85.1 Å². The van der Waals surface area contributed by atoms with Crippen LogP contribution in [0.4, 0.5) is 15.8 Å². The number of halogens is 1. The molecular formula is C36H30FN5O3. The summed E-state index contributed by atoms with van der Waals surface area (Å²) in [4.78, 5) is 32.0. The molecule has 0 saturated heterocycles. The van der Waals surface area contributed by atoms with Gasteiger partial charge in [0, 0.05) is 48.8 Å². The van der Waals surface area contributed by atoms with Gasteiger partial charge in [-0.3, -0.25) is 19.2 Å². The van der Waals surface area contributed by atoms with E-state index in [1.807, 2.05) is 52.6 Å². The molecule has 0 aliphatic carbocycles. The zero-order valence-corrected chi connectivity index (χ0v) is 24.8. The maximum Gasteiger partial charge on any atom is 0.265 e. The largest absolute Gasteiger partial charge is 0.508 e. The number of rotatable bonds is 5. The number of hydrogen-bond donors (Lipinski definition) is 1. The smallest absolute Gasteiger partial charge is 0.265 e. The van der Waals surface area contributed by atoms with Gasteiger partial charge in [-0.2, -0.15) is 5.10 Å². The van der Waals surface area contributed by atoms with Crippen molar-refractivity contribution in [1.29, 1.82) is 0 Å². The van der Waals surface area contributed by atoms with Gasteiger partial charge in [-0.15, -0.1) is 0 Å². The molecule has 4 heterocycles. The van der Waals surface area contributed by atoms with Crippen molar-refractivity contribution >= 4 is 28.7 Å².